The van der Waals surface area contributed by atoms with Crippen LogP contribution in [-0.2, 0) is 4.74 Å². The lowest BCUT2D eigenvalue weighted by Crippen LogP contribution is -2.63. The van der Waals surface area contributed by atoms with Crippen LogP contribution in [0.15, 0.2) is 12.7 Å². The Balaban J connectivity index is 2.64. The average Bonchev–Trinajstić information content (AvgIpc) is 2.27. The van der Waals surface area contributed by atoms with Crippen LogP contribution >= 0.6 is 0 Å². The molecule has 1 aliphatic heterocycles. The second-order valence-corrected chi connectivity index (χ2v) is 6.00. The highest BCUT2D eigenvalue weighted by molar-refractivity contribution is 5.69. The minimum Gasteiger partial charge on any atom is -0.445 e. The predicted molar refractivity (Wildman–Crippen MR) is 73.6 cm³/mol. The number of hydrogen-bond acceptors (Lipinski definition) is 3. The number of nitrogens with one attached hydrogen (secondary N) is 1. The van der Waals surface area contributed by atoms with E-state index in [1.165, 1.54) is 0 Å². The topological polar surface area (TPSA) is 41.6 Å². The van der Waals surface area contributed by atoms with Crippen LogP contribution in [0.25, 0.3) is 0 Å². The fourth-order valence-corrected chi connectivity index (χ4v) is 2.28. The largest absolute Gasteiger partial charge is 0.445 e. The molecule has 1 unspecified atom stereocenters. The van der Waals surface area contributed by atoms with Crippen molar-refractivity contribution in [3.63, 3.8) is 0 Å². The van der Waals surface area contributed by atoms with E-state index < -0.39 is 0 Å². The van der Waals surface area contributed by atoms with Crippen molar-refractivity contribution in [2.75, 3.05) is 19.7 Å². The highest BCUT2D eigenvalue weighted by atomic mass is 16.6. The van der Waals surface area contributed by atoms with Gasteiger partial charge in [0, 0.05) is 19.1 Å². The maximum Gasteiger partial charge on any atom is 0.410 e. The molecule has 0 spiro atoms. The monoisotopic (exact) mass is 254 g/mol. The second kappa shape index (κ2) is 6.23. The molecule has 0 bridgehead atoms. The number of rotatable bonds is 4. The Bertz CT molecular complexity index is 300. The SMILES string of the molecule is C=CCOC(=O)N1CC(CC(C)C)NCC1(C)C. The zero-order chi connectivity index (χ0) is 13.8. The van der Waals surface area contributed by atoms with E-state index in [0.29, 0.717) is 18.5 Å². The molecule has 0 aromatic carbocycles. The number of carbonyl (C=O) groups is 1. The zero-order valence-corrected chi connectivity index (χ0v) is 12.0. The summed E-state index contributed by atoms with van der Waals surface area (Å²) in [6.45, 7) is 13.8. The lowest BCUT2D eigenvalue weighted by molar-refractivity contribution is 0.0405. The second-order valence-electron chi connectivity index (χ2n) is 6.00. The number of nitrogens with zero attached hydrogens (tertiary/aromatic N) is 1. The quantitative estimate of drug-likeness (QED) is 0.783. The molecule has 0 aromatic heterocycles. The van der Waals surface area contributed by atoms with Crippen LogP contribution in [0, 0.1) is 5.92 Å². The van der Waals surface area contributed by atoms with Gasteiger partial charge in [-0.2, -0.15) is 0 Å². The van der Waals surface area contributed by atoms with Crippen molar-refractivity contribution in [2.24, 2.45) is 5.92 Å². The molecule has 1 aliphatic rings. The molecule has 1 heterocycles. The minimum absolute atomic E-state index is 0.203. The predicted octanol–water partition coefficient (Wildman–Crippen LogP) is 2.41. The Kier molecular flexibility index (Phi) is 5.20. The molecule has 1 amide bonds. The Hall–Kier alpha value is -1.03. The van der Waals surface area contributed by atoms with Crippen molar-refractivity contribution in [1.82, 2.24) is 10.2 Å². The summed E-state index contributed by atoms with van der Waals surface area (Å²) in [4.78, 5) is 13.9. The first-order valence-electron chi connectivity index (χ1n) is 6.65. The summed E-state index contributed by atoms with van der Waals surface area (Å²) in [6, 6.07) is 0.356. The third kappa shape index (κ3) is 4.02. The van der Waals surface area contributed by atoms with Crippen LogP contribution in [0.3, 0.4) is 0 Å². The summed E-state index contributed by atoms with van der Waals surface area (Å²) < 4.78 is 5.16. The normalized spacial score (nSPS) is 22.9. The van der Waals surface area contributed by atoms with Gasteiger partial charge in [-0.1, -0.05) is 26.5 Å². The molecular weight excluding hydrogens is 228 g/mol. The Morgan fingerprint density at radius 2 is 2.28 bits per heavy atom. The fraction of sp³-hybridized carbons (Fsp3) is 0.786. The van der Waals surface area contributed by atoms with Crippen LogP contribution in [0.1, 0.15) is 34.1 Å². The van der Waals surface area contributed by atoms with Crippen molar-refractivity contribution < 1.29 is 9.53 Å². The number of carbonyl (C=O) groups excluding carboxylic acids is 1. The molecular formula is C14H26N2O2. The third-order valence-corrected chi connectivity index (χ3v) is 3.26. The number of piperazine rings is 1. The molecule has 1 saturated heterocycles. The first kappa shape index (κ1) is 15.0. The molecule has 1 N–H and O–H groups in total. The minimum atomic E-state index is -0.241. The highest BCUT2D eigenvalue weighted by Crippen LogP contribution is 2.22. The van der Waals surface area contributed by atoms with Crippen LogP contribution in [-0.4, -0.2) is 42.3 Å². The van der Waals surface area contributed by atoms with E-state index in [1.54, 1.807) is 6.08 Å². The van der Waals surface area contributed by atoms with E-state index in [0.717, 1.165) is 13.0 Å². The van der Waals surface area contributed by atoms with Gasteiger partial charge in [-0.15, -0.1) is 0 Å². The van der Waals surface area contributed by atoms with Crippen LogP contribution in [0.4, 0.5) is 4.79 Å². The van der Waals surface area contributed by atoms with Gasteiger partial charge in [-0.05, 0) is 26.2 Å². The van der Waals surface area contributed by atoms with E-state index >= 15 is 0 Å². The summed E-state index contributed by atoms with van der Waals surface area (Å²) in [5.41, 5.74) is -0.203. The van der Waals surface area contributed by atoms with Crippen LogP contribution in [0.5, 0.6) is 0 Å². The molecule has 0 aliphatic carbocycles. The van der Waals surface area contributed by atoms with Gasteiger partial charge in [0.05, 0.1) is 5.54 Å². The maximum atomic E-state index is 12.0. The smallest absolute Gasteiger partial charge is 0.410 e. The summed E-state index contributed by atoms with van der Waals surface area (Å²) >= 11 is 0. The Labute approximate surface area is 110 Å². The molecule has 18 heavy (non-hydrogen) atoms. The van der Waals surface area contributed by atoms with Crippen molar-refractivity contribution in [2.45, 2.75) is 45.7 Å². The van der Waals surface area contributed by atoms with Gasteiger partial charge in [0.2, 0.25) is 0 Å². The first-order chi connectivity index (χ1) is 8.36. The number of ether oxygens (including phenoxy) is 1. The van der Waals surface area contributed by atoms with Crippen molar-refractivity contribution in [3.05, 3.63) is 12.7 Å². The number of amides is 1. The van der Waals surface area contributed by atoms with Gasteiger partial charge in [-0.3, -0.25) is 0 Å². The molecule has 1 rings (SSSR count). The molecule has 0 saturated carbocycles. The van der Waals surface area contributed by atoms with E-state index in [1.807, 2.05) is 4.90 Å². The standard InChI is InChI=1S/C14H26N2O2/c1-6-7-18-13(17)16-9-12(8-11(2)3)15-10-14(16,4)5/h6,11-12,15H,1,7-10H2,2-5H3. The maximum absolute atomic E-state index is 12.0. The fourth-order valence-electron chi connectivity index (χ4n) is 2.28. The summed E-state index contributed by atoms with van der Waals surface area (Å²) in [5, 5.41) is 3.51. The van der Waals surface area contributed by atoms with E-state index in [-0.39, 0.29) is 18.2 Å². The first-order valence-corrected chi connectivity index (χ1v) is 6.65. The van der Waals surface area contributed by atoms with E-state index in [2.05, 4.69) is 39.6 Å². The zero-order valence-electron chi connectivity index (χ0n) is 12.0. The van der Waals surface area contributed by atoms with Crippen molar-refractivity contribution in [3.8, 4) is 0 Å². The van der Waals surface area contributed by atoms with Gasteiger partial charge in [0.25, 0.3) is 0 Å². The molecule has 0 aromatic rings. The van der Waals surface area contributed by atoms with Gasteiger partial charge >= 0.3 is 6.09 Å². The lowest BCUT2D eigenvalue weighted by atomic mass is 9.94. The Morgan fingerprint density at radius 3 is 2.83 bits per heavy atom. The van der Waals surface area contributed by atoms with Crippen molar-refractivity contribution >= 4 is 6.09 Å². The molecule has 0 radical (unpaired) electrons. The van der Waals surface area contributed by atoms with Gasteiger partial charge in [0.15, 0.2) is 0 Å². The van der Waals surface area contributed by atoms with Gasteiger partial charge < -0.3 is 15.0 Å². The van der Waals surface area contributed by atoms with Crippen molar-refractivity contribution in [1.29, 1.82) is 0 Å². The molecule has 104 valence electrons. The third-order valence-electron chi connectivity index (χ3n) is 3.26. The van der Waals surface area contributed by atoms with Gasteiger partial charge in [-0.25, -0.2) is 4.79 Å². The number of hydrogen-bond donors (Lipinski definition) is 1. The lowest BCUT2D eigenvalue weighted by Gasteiger charge is -2.45. The molecule has 4 nitrogen and oxygen atoms in total. The summed E-state index contributed by atoms with van der Waals surface area (Å²) in [7, 11) is 0. The van der Waals surface area contributed by atoms with Crippen LogP contribution < -0.4 is 5.32 Å². The van der Waals surface area contributed by atoms with E-state index in [9.17, 15) is 4.79 Å². The Morgan fingerprint density at radius 1 is 1.61 bits per heavy atom. The van der Waals surface area contributed by atoms with Crippen LogP contribution in [0.2, 0.25) is 0 Å². The summed E-state index contributed by atoms with van der Waals surface area (Å²) in [5.74, 6) is 0.620. The molecule has 4 heteroatoms. The van der Waals surface area contributed by atoms with Gasteiger partial charge in [0.1, 0.15) is 6.61 Å². The average molecular weight is 254 g/mol. The van der Waals surface area contributed by atoms with E-state index in [4.69, 9.17) is 4.74 Å². The summed E-state index contributed by atoms with van der Waals surface area (Å²) in [6.07, 6.45) is 2.43. The highest BCUT2D eigenvalue weighted by Gasteiger charge is 2.37. The molecule has 1 atom stereocenters. The molecule has 1 fully saturated rings.